The molecule has 1 aliphatic rings. The highest BCUT2D eigenvalue weighted by Gasteiger charge is 2.20. The van der Waals surface area contributed by atoms with Crippen LogP contribution < -0.4 is 11.1 Å². The van der Waals surface area contributed by atoms with Crippen molar-refractivity contribution < 1.29 is 9.53 Å². The Hall–Kier alpha value is -2.42. The number of amides is 1. The van der Waals surface area contributed by atoms with Gasteiger partial charge in [-0.2, -0.15) is 9.97 Å². The van der Waals surface area contributed by atoms with E-state index < -0.39 is 0 Å². The van der Waals surface area contributed by atoms with Gasteiger partial charge in [-0.15, -0.1) is 0 Å². The van der Waals surface area contributed by atoms with Gasteiger partial charge < -0.3 is 15.8 Å². The standard InChI is InChI=1S/C18H16ClN5O2S/c19-13-6-11-8-26-7-10-2-1-3-12(14(10)11)15(13)16-22-17(20)24-18(23-16)27-5-4-21-9-25/h1-3,6,9H,4-5,7-8H2,(H,21,25)(H2,20,22,23,24). The molecule has 0 radical (unpaired) electrons. The van der Waals surface area contributed by atoms with Crippen molar-refractivity contribution in [1.29, 1.82) is 0 Å². The average Bonchev–Trinajstić information content (AvgIpc) is 2.65. The molecular weight excluding hydrogens is 386 g/mol. The normalized spacial score (nSPS) is 12.9. The van der Waals surface area contributed by atoms with Crippen molar-refractivity contribution in [3.05, 3.63) is 40.4 Å². The zero-order chi connectivity index (χ0) is 18.8. The molecule has 4 rings (SSSR count). The molecule has 138 valence electrons. The molecule has 2 heterocycles. The molecule has 0 spiro atoms. The van der Waals surface area contributed by atoms with Crippen molar-refractivity contribution in [2.45, 2.75) is 18.4 Å². The zero-order valence-electron chi connectivity index (χ0n) is 14.2. The van der Waals surface area contributed by atoms with Crippen LogP contribution in [0.4, 0.5) is 5.95 Å². The molecule has 0 unspecified atom stereocenters. The summed E-state index contributed by atoms with van der Waals surface area (Å²) in [7, 11) is 0. The summed E-state index contributed by atoms with van der Waals surface area (Å²) in [6, 6.07) is 7.94. The fourth-order valence-corrected chi connectivity index (χ4v) is 4.18. The lowest BCUT2D eigenvalue weighted by Crippen LogP contribution is -2.14. The molecule has 0 saturated heterocycles. The molecule has 0 aliphatic carbocycles. The minimum absolute atomic E-state index is 0.130. The number of ether oxygens (including phenoxy) is 1. The quantitative estimate of drug-likeness (QED) is 0.372. The molecular formula is C18H16ClN5O2S. The number of nitrogen functional groups attached to an aromatic ring is 1. The number of carbonyl (C=O) groups excluding carboxylic acids is 1. The number of nitrogens with zero attached hydrogens (tertiary/aromatic N) is 3. The van der Waals surface area contributed by atoms with Crippen LogP contribution in [-0.2, 0) is 22.7 Å². The fraction of sp³-hybridized carbons (Fsp3) is 0.222. The molecule has 0 saturated carbocycles. The molecule has 9 heteroatoms. The van der Waals surface area contributed by atoms with Gasteiger partial charge in [0.2, 0.25) is 12.4 Å². The second kappa shape index (κ2) is 7.67. The lowest BCUT2D eigenvalue weighted by atomic mass is 9.94. The third kappa shape index (κ3) is 3.55. The molecule has 27 heavy (non-hydrogen) atoms. The predicted octanol–water partition coefficient (Wildman–Crippen LogP) is 2.80. The lowest BCUT2D eigenvalue weighted by Gasteiger charge is -2.20. The van der Waals surface area contributed by atoms with Crippen molar-refractivity contribution in [2.24, 2.45) is 0 Å². The Kier molecular flexibility index (Phi) is 5.11. The number of hydrogen-bond acceptors (Lipinski definition) is 7. The maximum Gasteiger partial charge on any atom is 0.224 e. The van der Waals surface area contributed by atoms with Gasteiger partial charge in [0, 0.05) is 17.9 Å². The van der Waals surface area contributed by atoms with E-state index in [9.17, 15) is 4.79 Å². The minimum atomic E-state index is 0.130. The number of benzene rings is 2. The van der Waals surface area contributed by atoms with Gasteiger partial charge in [0.05, 0.1) is 18.2 Å². The smallest absolute Gasteiger partial charge is 0.224 e. The van der Waals surface area contributed by atoms with Crippen molar-refractivity contribution in [3.63, 3.8) is 0 Å². The first-order valence-electron chi connectivity index (χ1n) is 8.30. The average molecular weight is 402 g/mol. The zero-order valence-corrected chi connectivity index (χ0v) is 15.8. The van der Waals surface area contributed by atoms with Crippen LogP contribution in [-0.4, -0.2) is 33.7 Å². The molecule has 0 atom stereocenters. The molecule has 1 aromatic heterocycles. The lowest BCUT2D eigenvalue weighted by molar-refractivity contribution is -0.109. The van der Waals surface area contributed by atoms with Crippen LogP contribution in [0.2, 0.25) is 5.02 Å². The second-order valence-corrected chi connectivity index (χ2v) is 7.41. The van der Waals surface area contributed by atoms with Crippen molar-refractivity contribution in [2.75, 3.05) is 18.0 Å². The van der Waals surface area contributed by atoms with Crippen molar-refractivity contribution in [1.82, 2.24) is 20.3 Å². The Morgan fingerprint density at radius 3 is 2.96 bits per heavy atom. The first-order valence-corrected chi connectivity index (χ1v) is 9.66. The van der Waals surface area contributed by atoms with Gasteiger partial charge in [-0.25, -0.2) is 4.98 Å². The third-order valence-electron chi connectivity index (χ3n) is 4.21. The molecule has 2 aromatic carbocycles. The summed E-state index contributed by atoms with van der Waals surface area (Å²) in [4.78, 5) is 23.4. The maximum atomic E-state index is 10.4. The first-order chi connectivity index (χ1) is 13.2. The van der Waals surface area contributed by atoms with E-state index >= 15 is 0 Å². The van der Waals surface area contributed by atoms with E-state index in [1.165, 1.54) is 11.8 Å². The Bertz CT molecular complexity index is 1030. The summed E-state index contributed by atoms with van der Waals surface area (Å²) in [6.07, 6.45) is 0.659. The molecule has 3 aromatic rings. The Morgan fingerprint density at radius 2 is 2.11 bits per heavy atom. The molecule has 0 fully saturated rings. The Morgan fingerprint density at radius 1 is 1.26 bits per heavy atom. The highest BCUT2D eigenvalue weighted by molar-refractivity contribution is 7.99. The number of halogens is 1. The minimum Gasteiger partial charge on any atom is -0.372 e. The summed E-state index contributed by atoms with van der Waals surface area (Å²) in [5, 5.41) is 5.74. The van der Waals surface area contributed by atoms with E-state index in [4.69, 9.17) is 22.1 Å². The molecule has 7 nitrogen and oxygen atoms in total. The van der Waals surface area contributed by atoms with E-state index in [1.54, 1.807) is 0 Å². The Labute approximate surface area is 164 Å². The summed E-state index contributed by atoms with van der Waals surface area (Å²) in [6.45, 7) is 1.60. The number of hydrogen-bond donors (Lipinski definition) is 2. The Balaban J connectivity index is 1.81. The molecule has 0 bridgehead atoms. The molecule has 1 amide bonds. The highest BCUT2D eigenvalue weighted by Crippen LogP contribution is 2.39. The number of anilines is 1. The number of nitrogens with two attached hydrogens (primary N) is 1. The second-order valence-electron chi connectivity index (χ2n) is 5.95. The van der Waals surface area contributed by atoms with Crippen LogP contribution in [0.1, 0.15) is 11.1 Å². The summed E-state index contributed by atoms with van der Waals surface area (Å²) >= 11 is 7.99. The van der Waals surface area contributed by atoms with Crippen molar-refractivity contribution >= 4 is 46.5 Å². The van der Waals surface area contributed by atoms with Gasteiger partial charge in [-0.1, -0.05) is 41.6 Å². The van der Waals surface area contributed by atoms with Gasteiger partial charge in [0.1, 0.15) is 0 Å². The van der Waals surface area contributed by atoms with Crippen LogP contribution >= 0.6 is 23.4 Å². The van der Waals surface area contributed by atoms with Gasteiger partial charge in [0.15, 0.2) is 11.0 Å². The van der Waals surface area contributed by atoms with Crippen LogP contribution in [0.25, 0.3) is 22.2 Å². The number of aromatic nitrogens is 3. The largest absolute Gasteiger partial charge is 0.372 e. The summed E-state index contributed by atoms with van der Waals surface area (Å²) < 4.78 is 5.64. The number of carbonyl (C=O) groups is 1. The van der Waals surface area contributed by atoms with Crippen LogP contribution in [0.3, 0.4) is 0 Å². The SMILES string of the molecule is Nc1nc(SCCNC=O)nc(-c2c(Cl)cc3c4c(cccc24)COC3)n1. The monoisotopic (exact) mass is 401 g/mol. The van der Waals surface area contributed by atoms with Crippen LogP contribution in [0.5, 0.6) is 0 Å². The first kappa shape index (κ1) is 18.0. The number of nitrogens with one attached hydrogen (secondary N) is 1. The third-order valence-corrected chi connectivity index (χ3v) is 5.36. The van der Waals surface area contributed by atoms with E-state index in [0.717, 1.165) is 27.5 Å². The predicted molar refractivity (Wildman–Crippen MR) is 105 cm³/mol. The molecule has 3 N–H and O–H groups in total. The van der Waals surface area contributed by atoms with Gasteiger partial charge in [0.25, 0.3) is 0 Å². The van der Waals surface area contributed by atoms with E-state index in [-0.39, 0.29) is 5.95 Å². The van der Waals surface area contributed by atoms with Gasteiger partial charge in [-0.3, -0.25) is 4.79 Å². The topological polar surface area (TPSA) is 103 Å². The number of thioether (sulfide) groups is 1. The summed E-state index contributed by atoms with van der Waals surface area (Å²) in [5.41, 5.74) is 8.81. The number of rotatable bonds is 6. The van der Waals surface area contributed by atoms with E-state index in [0.29, 0.717) is 47.9 Å². The fourth-order valence-electron chi connectivity index (χ4n) is 3.15. The van der Waals surface area contributed by atoms with Crippen LogP contribution in [0, 0.1) is 0 Å². The van der Waals surface area contributed by atoms with Crippen LogP contribution in [0.15, 0.2) is 29.4 Å². The van der Waals surface area contributed by atoms with Gasteiger partial charge >= 0.3 is 0 Å². The van der Waals surface area contributed by atoms with E-state index in [1.807, 2.05) is 24.3 Å². The maximum absolute atomic E-state index is 10.4. The molecule has 1 aliphatic heterocycles. The van der Waals surface area contributed by atoms with Gasteiger partial charge in [-0.05, 0) is 28.0 Å². The van der Waals surface area contributed by atoms with Crippen molar-refractivity contribution in [3.8, 4) is 11.4 Å². The highest BCUT2D eigenvalue weighted by atomic mass is 35.5. The van der Waals surface area contributed by atoms with E-state index in [2.05, 4.69) is 20.3 Å². The summed E-state index contributed by atoms with van der Waals surface area (Å²) in [5.74, 6) is 1.19.